The summed E-state index contributed by atoms with van der Waals surface area (Å²) < 4.78 is 0. The quantitative estimate of drug-likeness (QED) is 0.516. The molecule has 2 heterocycles. The maximum absolute atomic E-state index is 4.38. The Labute approximate surface area is 153 Å². The third kappa shape index (κ3) is 2.32. The molecular formula is C23H17BN2. The van der Waals surface area contributed by atoms with Crippen LogP contribution in [0.3, 0.4) is 0 Å². The van der Waals surface area contributed by atoms with Crippen molar-refractivity contribution >= 4 is 29.1 Å². The van der Waals surface area contributed by atoms with Crippen molar-refractivity contribution in [3.05, 3.63) is 103 Å². The molecule has 0 saturated heterocycles. The van der Waals surface area contributed by atoms with Gasteiger partial charge in [-0.25, -0.2) is 0 Å². The van der Waals surface area contributed by atoms with Crippen LogP contribution in [0.15, 0.2) is 103 Å². The van der Waals surface area contributed by atoms with Gasteiger partial charge in [-0.1, -0.05) is 78.3 Å². The second kappa shape index (κ2) is 6.19. The van der Waals surface area contributed by atoms with Gasteiger partial charge in [-0.3, -0.25) is 4.98 Å². The molecule has 0 aliphatic carbocycles. The lowest BCUT2D eigenvalue weighted by atomic mass is 9.46. The molecule has 1 aliphatic rings. The van der Waals surface area contributed by atoms with E-state index in [2.05, 4.69) is 94.7 Å². The van der Waals surface area contributed by atoms with Crippen LogP contribution < -0.4 is 15.7 Å². The number of para-hydroxylation sites is 1. The summed E-state index contributed by atoms with van der Waals surface area (Å²) in [6, 6.07) is 32.2. The molecule has 0 bridgehead atoms. The predicted octanol–water partition coefficient (Wildman–Crippen LogP) is 4.01. The minimum atomic E-state index is 0.117. The van der Waals surface area contributed by atoms with Crippen molar-refractivity contribution < 1.29 is 0 Å². The van der Waals surface area contributed by atoms with Crippen LogP contribution in [0.4, 0.5) is 11.4 Å². The zero-order valence-corrected chi connectivity index (χ0v) is 14.3. The molecule has 4 aromatic rings. The van der Waals surface area contributed by atoms with Crippen LogP contribution in [-0.2, 0) is 0 Å². The molecule has 26 heavy (non-hydrogen) atoms. The summed E-state index contributed by atoms with van der Waals surface area (Å²) in [5, 5.41) is 0. The molecule has 0 radical (unpaired) electrons. The van der Waals surface area contributed by atoms with E-state index in [-0.39, 0.29) is 6.85 Å². The van der Waals surface area contributed by atoms with Gasteiger partial charge in [0.15, 0.2) is 0 Å². The minimum Gasteiger partial charge on any atom is -0.375 e. The standard InChI is InChI=1S/C23H17BN2/c1-2-9-18(10-3-1)24-22-14-6-4-12-20(22)21-13-5-7-15-23(21)26(24)19-11-8-16-25-17-19/h1-17H. The highest BCUT2D eigenvalue weighted by Gasteiger charge is 2.36. The van der Waals surface area contributed by atoms with Crippen LogP contribution in [0.1, 0.15) is 0 Å². The van der Waals surface area contributed by atoms with Crippen molar-refractivity contribution in [3.8, 4) is 11.1 Å². The van der Waals surface area contributed by atoms with Crippen LogP contribution >= 0.6 is 0 Å². The minimum absolute atomic E-state index is 0.117. The molecule has 2 nitrogen and oxygen atoms in total. The SMILES string of the molecule is c1ccc(B2c3ccccc3-c3ccccc3N2c2cccnc2)cc1. The van der Waals surface area contributed by atoms with Crippen LogP contribution in [0.5, 0.6) is 0 Å². The van der Waals surface area contributed by atoms with E-state index in [4.69, 9.17) is 0 Å². The number of benzene rings is 3. The smallest absolute Gasteiger partial charge is 0.328 e. The normalized spacial score (nSPS) is 12.5. The molecule has 1 aromatic heterocycles. The molecule has 3 aromatic carbocycles. The van der Waals surface area contributed by atoms with Gasteiger partial charge in [0.05, 0.1) is 0 Å². The Kier molecular flexibility index (Phi) is 3.57. The van der Waals surface area contributed by atoms with Crippen molar-refractivity contribution in [2.75, 3.05) is 4.81 Å². The lowest BCUT2D eigenvalue weighted by molar-refractivity contribution is 1.27. The molecule has 122 valence electrons. The molecule has 3 heteroatoms. The van der Waals surface area contributed by atoms with E-state index in [0.29, 0.717) is 0 Å². The lowest BCUT2D eigenvalue weighted by Gasteiger charge is -2.38. The molecule has 0 spiro atoms. The van der Waals surface area contributed by atoms with Crippen molar-refractivity contribution in [2.24, 2.45) is 0 Å². The van der Waals surface area contributed by atoms with E-state index in [1.54, 1.807) is 0 Å². The van der Waals surface area contributed by atoms with Gasteiger partial charge in [-0.15, -0.1) is 0 Å². The average molecular weight is 332 g/mol. The summed E-state index contributed by atoms with van der Waals surface area (Å²) in [6.07, 6.45) is 3.77. The first-order chi connectivity index (χ1) is 12.9. The second-order valence-corrected chi connectivity index (χ2v) is 6.50. The molecular weight excluding hydrogens is 315 g/mol. The highest BCUT2D eigenvalue weighted by Crippen LogP contribution is 2.38. The van der Waals surface area contributed by atoms with Gasteiger partial charge in [0.2, 0.25) is 0 Å². The number of rotatable bonds is 2. The molecule has 5 rings (SSSR count). The summed E-state index contributed by atoms with van der Waals surface area (Å²) in [7, 11) is 0. The number of pyridine rings is 1. The van der Waals surface area contributed by atoms with Gasteiger partial charge in [0, 0.05) is 29.3 Å². The van der Waals surface area contributed by atoms with Crippen LogP contribution in [0.2, 0.25) is 0 Å². The van der Waals surface area contributed by atoms with Gasteiger partial charge in [0.25, 0.3) is 0 Å². The predicted molar refractivity (Wildman–Crippen MR) is 110 cm³/mol. The summed E-state index contributed by atoms with van der Waals surface area (Å²) in [4.78, 5) is 6.78. The van der Waals surface area contributed by atoms with E-state index in [1.165, 1.54) is 27.7 Å². The molecule has 0 amide bonds. The third-order valence-corrected chi connectivity index (χ3v) is 5.01. The first-order valence-corrected chi connectivity index (χ1v) is 8.86. The Hall–Kier alpha value is -3.33. The number of hydrogen-bond donors (Lipinski definition) is 0. The number of fused-ring (bicyclic) bond motifs is 3. The van der Waals surface area contributed by atoms with Gasteiger partial charge in [0.1, 0.15) is 0 Å². The lowest BCUT2D eigenvalue weighted by Crippen LogP contribution is -2.57. The zero-order chi connectivity index (χ0) is 17.3. The fourth-order valence-corrected chi connectivity index (χ4v) is 3.92. The number of aromatic nitrogens is 1. The number of hydrogen-bond acceptors (Lipinski definition) is 2. The zero-order valence-electron chi connectivity index (χ0n) is 14.3. The molecule has 0 atom stereocenters. The maximum atomic E-state index is 4.38. The van der Waals surface area contributed by atoms with E-state index >= 15 is 0 Å². The largest absolute Gasteiger partial charge is 0.375 e. The highest BCUT2D eigenvalue weighted by molar-refractivity contribution is 6.90. The summed E-state index contributed by atoms with van der Waals surface area (Å²) in [6.45, 7) is 0.117. The highest BCUT2D eigenvalue weighted by atomic mass is 15.1. The van der Waals surface area contributed by atoms with Crippen LogP contribution in [0, 0.1) is 0 Å². The Morgan fingerprint density at radius 3 is 2.19 bits per heavy atom. The fourth-order valence-electron chi connectivity index (χ4n) is 3.92. The van der Waals surface area contributed by atoms with E-state index < -0.39 is 0 Å². The van der Waals surface area contributed by atoms with E-state index in [9.17, 15) is 0 Å². The third-order valence-electron chi connectivity index (χ3n) is 5.01. The summed E-state index contributed by atoms with van der Waals surface area (Å²) in [5.41, 5.74) is 7.48. The first kappa shape index (κ1) is 15.0. The van der Waals surface area contributed by atoms with E-state index in [0.717, 1.165) is 5.69 Å². The van der Waals surface area contributed by atoms with E-state index in [1.807, 2.05) is 18.5 Å². The Morgan fingerprint density at radius 1 is 0.654 bits per heavy atom. The Bertz CT molecular complexity index is 961. The molecule has 0 N–H and O–H groups in total. The van der Waals surface area contributed by atoms with Crippen molar-refractivity contribution in [1.82, 2.24) is 4.98 Å². The second-order valence-electron chi connectivity index (χ2n) is 6.50. The fraction of sp³-hybridized carbons (Fsp3) is 0. The molecule has 0 unspecified atom stereocenters. The molecule has 0 fully saturated rings. The van der Waals surface area contributed by atoms with Gasteiger partial charge >= 0.3 is 6.85 Å². The average Bonchev–Trinajstić information content (AvgIpc) is 2.74. The Morgan fingerprint density at radius 2 is 1.38 bits per heavy atom. The topological polar surface area (TPSA) is 16.1 Å². The van der Waals surface area contributed by atoms with Crippen molar-refractivity contribution in [2.45, 2.75) is 0 Å². The number of nitrogens with zero attached hydrogens (tertiary/aromatic N) is 2. The van der Waals surface area contributed by atoms with Crippen molar-refractivity contribution in [3.63, 3.8) is 0 Å². The monoisotopic (exact) mass is 332 g/mol. The first-order valence-electron chi connectivity index (χ1n) is 8.86. The van der Waals surface area contributed by atoms with Crippen LogP contribution in [-0.4, -0.2) is 11.8 Å². The summed E-state index contributed by atoms with van der Waals surface area (Å²) >= 11 is 0. The van der Waals surface area contributed by atoms with Crippen LogP contribution in [0.25, 0.3) is 11.1 Å². The summed E-state index contributed by atoms with van der Waals surface area (Å²) in [5.74, 6) is 0. The maximum Gasteiger partial charge on any atom is 0.328 e. The van der Waals surface area contributed by atoms with Gasteiger partial charge in [-0.05, 0) is 29.2 Å². The molecule has 1 aliphatic heterocycles. The van der Waals surface area contributed by atoms with Gasteiger partial charge in [-0.2, -0.15) is 0 Å². The Balaban J connectivity index is 1.83. The van der Waals surface area contributed by atoms with Crippen molar-refractivity contribution in [1.29, 1.82) is 0 Å². The molecule has 0 saturated carbocycles. The van der Waals surface area contributed by atoms with Gasteiger partial charge < -0.3 is 4.81 Å². The number of anilines is 2.